The highest BCUT2D eigenvalue weighted by molar-refractivity contribution is 5.65. The molecule has 4 rings (SSSR count). The Morgan fingerprint density at radius 1 is 1.25 bits per heavy atom. The van der Waals surface area contributed by atoms with Gasteiger partial charge in [-0.1, -0.05) is 44.2 Å². The quantitative estimate of drug-likeness (QED) is 0.705. The number of nitrogens with two attached hydrogens (primary N) is 1. The number of nitrogen functional groups attached to an aromatic ring is 1. The lowest BCUT2D eigenvalue weighted by Gasteiger charge is -2.30. The average Bonchev–Trinajstić information content (AvgIpc) is 3.22. The smallest absolute Gasteiger partial charge is 0.238 e. The van der Waals surface area contributed by atoms with Crippen molar-refractivity contribution >= 4 is 11.3 Å². The van der Waals surface area contributed by atoms with Crippen LogP contribution in [0.3, 0.4) is 0 Å². The fourth-order valence-electron chi connectivity index (χ4n) is 4.00. The first-order valence-corrected chi connectivity index (χ1v) is 9.56. The Labute approximate surface area is 164 Å². The van der Waals surface area contributed by atoms with Gasteiger partial charge in [0.25, 0.3) is 0 Å². The largest absolute Gasteiger partial charge is 0.382 e. The minimum Gasteiger partial charge on any atom is -0.382 e. The molecule has 2 unspecified atom stereocenters. The summed E-state index contributed by atoms with van der Waals surface area (Å²) in [6.45, 7) is 6.48. The SMILES string of the molecule is CC[C@@]1(C)OC(O)(c2ccc3c(N)ncnn23)C(OCc2ccccc2)[C@@H]1C. The van der Waals surface area contributed by atoms with Crippen molar-refractivity contribution in [2.24, 2.45) is 5.92 Å². The maximum absolute atomic E-state index is 11.7. The van der Waals surface area contributed by atoms with Crippen LogP contribution in [0.1, 0.15) is 38.4 Å². The van der Waals surface area contributed by atoms with Crippen LogP contribution >= 0.6 is 0 Å². The molecule has 28 heavy (non-hydrogen) atoms. The van der Waals surface area contributed by atoms with Crippen molar-refractivity contribution in [2.45, 2.75) is 51.3 Å². The summed E-state index contributed by atoms with van der Waals surface area (Å²) >= 11 is 0. The van der Waals surface area contributed by atoms with E-state index in [-0.39, 0.29) is 5.92 Å². The zero-order valence-corrected chi connectivity index (χ0v) is 16.4. The van der Waals surface area contributed by atoms with Crippen LogP contribution in [0.2, 0.25) is 0 Å². The number of hydrogen-bond donors (Lipinski definition) is 2. The van der Waals surface area contributed by atoms with E-state index in [2.05, 4.69) is 17.0 Å². The molecular formula is C21H26N4O3. The molecule has 0 spiro atoms. The molecular weight excluding hydrogens is 356 g/mol. The average molecular weight is 382 g/mol. The Bertz CT molecular complexity index is 976. The molecule has 1 aliphatic heterocycles. The fraction of sp³-hybridized carbons (Fsp3) is 0.429. The Morgan fingerprint density at radius 2 is 2.00 bits per heavy atom. The molecule has 148 valence electrons. The second kappa shape index (κ2) is 6.84. The monoisotopic (exact) mass is 382 g/mol. The van der Waals surface area contributed by atoms with Crippen molar-refractivity contribution in [1.29, 1.82) is 0 Å². The van der Waals surface area contributed by atoms with Crippen molar-refractivity contribution in [3.63, 3.8) is 0 Å². The molecule has 0 aliphatic carbocycles. The molecule has 3 N–H and O–H groups in total. The Balaban J connectivity index is 1.75. The maximum atomic E-state index is 11.7. The number of anilines is 1. The van der Waals surface area contributed by atoms with Crippen molar-refractivity contribution < 1.29 is 14.6 Å². The normalized spacial score (nSPS) is 30.1. The molecule has 0 saturated carbocycles. The van der Waals surface area contributed by atoms with Gasteiger partial charge in [0, 0.05) is 5.92 Å². The summed E-state index contributed by atoms with van der Waals surface area (Å²) < 4.78 is 14.1. The van der Waals surface area contributed by atoms with Gasteiger partial charge in [-0.25, -0.2) is 9.50 Å². The van der Waals surface area contributed by atoms with Gasteiger partial charge in [-0.3, -0.25) is 0 Å². The summed E-state index contributed by atoms with van der Waals surface area (Å²) in [7, 11) is 0. The summed E-state index contributed by atoms with van der Waals surface area (Å²) in [6, 6.07) is 13.5. The molecule has 7 nitrogen and oxygen atoms in total. The Morgan fingerprint density at radius 3 is 2.71 bits per heavy atom. The van der Waals surface area contributed by atoms with E-state index in [0.29, 0.717) is 23.6 Å². The fourth-order valence-corrected chi connectivity index (χ4v) is 4.00. The third kappa shape index (κ3) is 2.87. The molecule has 1 fully saturated rings. The first-order chi connectivity index (χ1) is 13.4. The van der Waals surface area contributed by atoms with E-state index in [4.69, 9.17) is 15.2 Å². The van der Waals surface area contributed by atoms with Crippen LogP contribution in [0, 0.1) is 5.92 Å². The van der Waals surface area contributed by atoms with E-state index in [1.54, 1.807) is 16.6 Å². The van der Waals surface area contributed by atoms with Crippen molar-refractivity contribution in [3.05, 3.63) is 60.0 Å². The minimum absolute atomic E-state index is 0.0454. The molecule has 4 atom stereocenters. The number of aromatic nitrogens is 3. The first kappa shape index (κ1) is 18.9. The van der Waals surface area contributed by atoms with Gasteiger partial charge in [0.05, 0.1) is 12.2 Å². The van der Waals surface area contributed by atoms with Gasteiger partial charge in [0.2, 0.25) is 5.79 Å². The van der Waals surface area contributed by atoms with Gasteiger partial charge >= 0.3 is 0 Å². The van der Waals surface area contributed by atoms with E-state index in [9.17, 15) is 5.11 Å². The summed E-state index contributed by atoms with van der Waals surface area (Å²) in [5.41, 5.74) is 7.56. The van der Waals surface area contributed by atoms with Gasteiger partial charge in [-0.05, 0) is 31.0 Å². The van der Waals surface area contributed by atoms with E-state index in [1.807, 2.05) is 44.2 Å². The van der Waals surface area contributed by atoms with Crippen LogP contribution in [0.4, 0.5) is 5.82 Å². The molecule has 3 heterocycles. The van der Waals surface area contributed by atoms with Gasteiger partial charge in [0.15, 0.2) is 5.82 Å². The second-order valence-electron chi connectivity index (χ2n) is 7.63. The minimum atomic E-state index is -1.66. The second-order valence-corrected chi connectivity index (χ2v) is 7.63. The molecule has 3 aromatic rings. The van der Waals surface area contributed by atoms with Gasteiger partial charge in [0.1, 0.15) is 23.6 Å². The van der Waals surface area contributed by atoms with Crippen molar-refractivity contribution in [3.8, 4) is 0 Å². The first-order valence-electron chi connectivity index (χ1n) is 9.56. The lowest BCUT2D eigenvalue weighted by Crippen LogP contribution is -2.41. The van der Waals surface area contributed by atoms with E-state index in [0.717, 1.165) is 12.0 Å². The lowest BCUT2D eigenvalue weighted by molar-refractivity contribution is -0.267. The zero-order valence-electron chi connectivity index (χ0n) is 16.4. The van der Waals surface area contributed by atoms with Crippen molar-refractivity contribution in [2.75, 3.05) is 5.73 Å². The van der Waals surface area contributed by atoms with E-state index in [1.165, 1.54) is 6.33 Å². The van der Waals surface area contributed by atoms with Gasteiger partial charge in [-0.2, -0.15) is 5.10 Å². The van der Waals surface area contributed by atoms with Crippen LogP contribution in [0.5, 0.6) is 0 Å². The number of benzene rings is 1. The topological polar surface area (TPSA) is 94.9 Å². The molecule has 2 aromatic heterocycles. The van der Waals surface area contributed by atoms with Gasteiger partial charge in [-0.15, -0.1) is 0 Å². The van der Waals surface area contributed by atoms with Gasteiger partial charge < -0.3 is 20.3 Å². The van der Waals surface area contributed by atoms with Crippen LogP contribution in [0.15, 0.2) is 48.8 Å². The Kier molecular flexibility index (Phi) is 4.61. The molecule has 0 bridgehead atoms. The highest BCUT2D eigenvalue weighted by Gasteiger charge is 2.60. The molecule has 7 heteroatoms. The molecule has 1 aliphatic rings. The lowest BCUT2D eigenvalue weighted by atomic mass is 9.84. The number of nitrogens with zero attached hydrogens (tertiary/aromatic N) is 3. The number of rotatable bonds is 5. The van der Waals surface area contributed by atoms with Crippen molar-refractivity contribution in [1.82, 2.24) is 14.6 Å². The summed E-state index contributed by atoms with van der Waals surface area (Å²) in [4.78, 5) is 4.02. The number of fused-ring (bicyclic) bond motifs is 1. The third-order valence-electron chi connectivity index (χ3n) is 6.01. The molecule has 1 saturated heterocycles. The molecule has 1 aromatic carbocycles. The standard InChI is InChI=1S/C21H26N4O3/c1-4-20(3)14(2)18(27-12-15-8-6-5-7-9-15)21(26,28-20)17-11-10-16-19(22)23-13-24-25(16)17/h5-11,13-14,18,26H,4,12H2,1-3H3,(H2,22,23,24)/t14-,18?,20+,21?/m0/s1. The van der Waals surface area contributed by atoms with Crippen LogP contribution in [0.25, 0.3) is 5.52 Å². The van der Waals surface area contributed by atoms with Crippen LogP contribution in [-0.2, 0) is 21.9 Å². The molecule has 0 amide bonds. The zero-order chi connectivity index (χ0) is 19.9. The Hall–Kier alpha value is -2.48. The van der Waals surface area contributed by atoms with Crippen LogP contribution < -0.4 is 5.73 Å². The predicted molar refractivity (Wildman–Crippen MR) is 105 cm³/mol. The molecule has 0 radical (unpaired) electrons. The third-order valence-corrected chi connectivity index (χ3v) is 6.01. The summed E-state index contributed by atoms with van der Waals surface area (Å²) in [5.74, 6) is -1.36. The van der Waals surface area contributed by atoms with E-state index < -0.39 is 17.5 Å². The summed E-state index contributed by atoms with van der Waals surface area (Å²) in [6.07, 6.45) is 1.53. The number of aliphatic hydroxyl groups is 1. The predicted octanol–water partition coefficient (Wildman–Crippen LogP) is 2.88. The maximum Gasteiger partial charge on any atom is 0.238 e. The summed E-state index contributed by atoms with van der Waals surface area (Å²) in [5, 5.41) is 16.0. The van der Waals surface area contributed by atoms with E-state index >= 15 is 0 Å². The van der Waals surface area contributed by atoms with Crippen LogP contribution in [-0.4, -0.2) is 31.4 Å². The highest BCUT2D eigenvalue weighted by Crippen LogP contribution is 2.50. The highest BCUT2D eigenvalue weighted by atomic mass is 16.7. The number of hydrogen-bond acceptors (Lipinski definition) is 6. The number of ether oxygens (including phenoxy) is 2.